The number of hydrogen-bond donors (Lipinski definition) is 0. The van der Waals surface area contributed by atoms with Crippen LogP contribution in [0.2, 0.25) is 0 Å². The molecular formula is C18H24F2N2O5S. The van der Waals surface area contributed by atoms with E-state index in [4.69, 9.17) is 9.57 Å². The van der Waals surface area contributed by atoms with Crippen molar-refractivity contribution in [3.05, 3.63) is 35.4 Å². The van der Waals surface area contributed by atoms with Gasteiger partial charge in [-0.2, -0.15) is 5.06 Å². The van der Waals surface area contributed by atoms with Gasteiger partial charge in [0.15, 0.2) is 0 Å². The van der Waals surface area contributed by atoms with Crippen LogP contribution in [0, 0.1) is 17.6 Å². The molecule has 0 saturated carbocycles. The number of esters is 1. The molecule has 0 bridgehead atoms. The summed E-state index contributed by atoms with van der Waals surface area (Å²) < 4.78 is 60.5. The normalized spacial score (nSPS) is 27.1. The summed E-state index contributed by atoms with van der Waals surface area (Å²) in [4.78, 5) is 17.4. The molecule has 28 heavy (non-hydrogen) atoms. The second kappa shape index (κ2) is 8.40. The minimum atomic E-state index is -3.90. The molecule has 2 fully saturated rings. The first-order chi connectivity index (χ1) is 13.3. The Morgan fingerprint density at radius 2 is 2.11 bits per heavy atom. The van der Waals surface area contributed by atoms with Gasteiger partial charge in [-0.05, 0) is 25.8 Å². The number of halogens is 2. The average Bonchev–Trinajstić information content (AvgIpc) is 3.04. The van der Waals surface area contributed by atoms with E-state index in [2.05, 4.69) is 0 Å². The van der Waals surface area contributed by atoms with Crippen LogP contribution in [0.3, 0.4) is 0 Å². The zero-order chi connectivity index (χ0) is 20.5. The van der Waals surface area contributed by atoms with Gasteiger partial charge >= 0.3 is 5.97 Å². The summed E-state index contributed by atoms with van der Waals surface area (Å²) in [6, 6.07) is 2.13. The average molecular weight is 418 g/mol. The molecule has 0 amide bonds. The molecule has 0 N–H and O–H groups in total. The Balaban J connectivity index is 1.86. The van der Waals surface area contributed by atoms with Crippen LogP contribution < -0.4 is 0 Å². The lowest BCUT2D eigenvalue weighted by atomic mass is 10.0. The lowest BCUT2D eigenvalue weighted by molar-refractivity contribution is -0.149. The molecule has 3 rings (SSSR count). The maximum atomic E-state index is 14.3. The molecular weight excluding hydrogens is 394 g/mol. The Kier molecular flexibility index (Phi) is 6.33. The third-order valence-corrected chi connectivity index (χ3v) is 7.42. The number of carbonyl (C=O) groups excluding carboxylic acids is 1. The molecule has 2 aliphatic heterocycles. The number of rotatable bonds is 5. The predicted octanol–water partition coefficient (Wildman–Crippen LogP) is 1.86. The van der Waals surface area contributed by atoms with E-state index >= 15 is 0 Å². The third kappa shape index (κ3) is 4.05. The quantitative estimate of drug-likeness (QED) is 0.680. The Morgan fingerprint density at radius 1 is 1.36 bits per heavy atom. The monoisotopic (exact) mass is 418 g/mol. The minimum Gasteiger partial charge on any atom is -0.466 e. The highest BCUT2D eigenvalue weighted by molar-refractivity contribution is 7.89. The smallest absolute Gasteiger partial charge is 0.310 e. The van der Waals surface area contributed by atoms with Gasteiger partial charge in [0.05, 0.1) is 25.2 Å². The molecule has 2 aliphatic rings. The summed E-state index contributed by atoms with van der Waals surface area (Å²) in [7, 11) is -2.39. The molecule has 0 aromatic heterocycles. The fourth-order valence-electron chi connectivity index (χ4n) is 3.80. The molecule has 3 unspecified atom stereocenters. The van der Waals surface area contributed by atoms with E-state index in [-0.39, 0.29) is 31.9 Å². The molecule has 7 nitrogen and oxygen atoms in total. The van der Waals surface area contributed by atoms with Gasteiger partial charge in [0, 0.05) is 31.8 Å². The van der Waals surface area contributed by atoms with Crippen molar-refractivity contribution in [1.82, 2.24) is 9.37 Å². The number of sulfonamides is 1. The van der Waals surface area contributed by atoms with Crippen LogP contribution in [0.5, 0.6) is 0 Å². The summed E-state index contributed by atoms with van der Waals surface area (Å²) in [5.41, 5.74) is 0.0499. The number of ether oxygens (including phenoxy) is 1. The van der Waals surface area contributed by atoms with Crippen molar-refractivity contribution in [2.75, 3.05) is 33.4 Å². The van der Waals surface area contributed by atoms with E-state index in [9.17, 15) is 22.0 Å². The fraction of sp³-hybridized carbons (Fsp3) is 0.611. The van der Waals surface area contributed by atoms with Crippen LogP contribution in [-0.2, 0) is 24.4 Å². The number of hydrogen-bond acceptors (Lipinski definition) is 6. The van der Waals surface area contributed by atoms with E-state index < -0.39 is 44.8 Å². The van der Waals surface area contributed by atoms with Gasteiger partial charge in [-0.3, -0.25) is 9.63 Å². The summed E-state index contributed by atoms with van der Waals surface area (Å²) in [5.74, 6) is -2.51. The summed E-state index contributed by atoms with van der Waals surface area (Å²) >= 11 is 0. The van der Waals surface area contributed by atoms with E-state index in [0.717, 1.165) is 12.1 Å². The number of benzene rings is 1. The number of hydroxylamine groups is 2. The zero-order valence-electron chi connectivity index (χ0n) is 15.8. The van der Waals surface area contributed by atoms with Gasteiger partial charge in [-0.25, -0.2) is 21.5 Å². The van der Waals surface area contributed by atoms with Gasteiger partial charge in [-0.15, -0.1) is 0 Å². The Bertz CT molecular complexity index is 835. The van der Waals surface area contributed by atoms with Crippen LogP contribution in [0.25, 0.3) is 0 Å². The third-order valence-electron chi connectivity index (χ3n) is 5.21. The first kappa shape index (κ1) is 21.1. The number of nitrogens with zero attached hydrogens (tertiary/aromatic N) is 2. The van der Waals surface area contributed by atoms with Crippen LogP contribution >= 0.6 is 0 Å². The molecule has 10 heteroatoms. The maximum absolute atomic E-state index is 14.3. The fourth-order valence-corrected chi connectivity index (χ4v) is 5.83. The second-order valence-corrected chi connectivity index (χ2v) is 9.14. The molecule has 0 spiro atoms. The van der Waals surface area contributed by atoms with Gasteiger partial charge in [-0.1, -0.05) is 6.07 Å². The Labute approximate surface area is 163 Å². The van der Waals surface area contributed by atoms with Crippen LogP contribution in [0.1, 0.15) is 31.4 Å². The molecule has 0 aliphatic carbocycles. The Hall–Kier alpha value is -1.62. The lowest BCUT2D eigenvalue weighted by Crippen LogP contribution is -2.48. The topological polar surface area (TPSA) is 76.1 Å². The maximum Gasteiger partial charge on any atom is 0.310 e. The molecule has 2 saturated heterocycles. The highest BCUT2D eigenvalue weighted by Gasteiger charge is 2.48. The van der Waals surface area contributed by atoms with Crippen molar-refractivity contribution in [3.63, 3.8) is 0 Å². The predicted molar refractivity (Wildman–Crippen MR) is 96.5 cm³/mol. The van der Waals surface area contributed by atoms with Crippen LogP contribution in [-0.4, -0.2) is 62.4 Å². The van der Waals surface area contributed by atoms with E-state index in [1.54, 1.807) is 6.92 Å². The molecule has 2 heterocycles. The number of piperidine rings is 1. The minimum absolute atomic E-state index is 0.0278. The second-order valence-electron chi connectivity index (χ2n) is 6.99. The van der Waals surface area contributed by atoms with Gasteiger partial charge in [0.25, 0.3) is 0 Å². The molecule has 1 aromatic rings. The highest BCUT2D eigenvalue weighted by atomic mass is 32.2. The lowest BCUT2D eigenvalue weighted by Gasteiger charge is -2.34. The number of carbonyl (C=O) groups is 1. The molecule has 3 atom stereocenters. The van der Waals surface area contributed by atoms with E-state index in [1.807, 2.05) is 0 Å². The summed E-state index contributed by atoms with van der Waals surface area (Å²) in [6.07, 6.45) is 1.09. The zero-order valence-corrected chi connectivity index (χ0v) is 16.6. The van der Waals surface area contributed by atoms with Crippen molar-refractivity contribution in [2.24, 2.45) is 5.92 Å². The van der Waals surface area contributed by atoms with Crippen LogP contribution in [0.4, 0.5) is 8.78 Å². The van der Waals surface area contributed by atoms with Crippen LogP contribution in [0.15, 0.2) is 18.2 Å². The van der Waals surface area contributed by atoms with E-state index in [1.165, 1.54) is 22.5 Å². The van der Waals surface area contributed by atoms with Crippen molar-refractivity contribution in [1.29, 1.82) is 0 Å². The van der Waals surface area contributed by atoms with Crippen molar-refractivity contribution in [3.8, 4) is 0 Å². The SMILES string of the molecule is CCOC(=O)C1CCCN(S(=O)(=O)C2CON(C)C2c2ccc(F)cc2F)C1. The van der Waals surface area contributed by atoms with Gasteiger partial charge in [0.2, 0.25) is 10.0 Å². The first-order valence-corrected chi connectivity index (χ1v) is 10.7. The Morgan fingerprint density at radius 3 is 2.79 bits per heavy atom. The highest BCUT2D eigenvalue weighted by Crippen LogP contribution is 2.37. The van der Waals surface area contributed by atoms with E-state index in [0.29, 0.717) is 12.8 Å². The molecule has 0 radical (unpaired) electrons. The molecule has 156 valence electrons. The molecule has 1 aromatic carbocycles. The van der Waals surface area contributed by atoms with Crippen molar-refractivity contribution in [2.45, 2.75) is 31.1 Å². The summed E-state index contributed by atoms with van der Waals surface area (Å²) in [5, 5.41) is 0.212. The van der Waals surface area contributed by atoms with Gasteiger partial charge < -0.3 is 4.74 Å². The first-order valence-electron chi connectivity index (χ1n) is 9.22. The van der Waals surface area contributed by atoms with Gasteiger partial charge in [0.1, 0.15) is 16.9 Å². The largest absolute Gasteiger partial charge is 0.466 e. The van der Waals surface area contributed by atoms with Crippen molar-refractivity contribution < 1.29 is 31.6 Å². The summed E-state index contributed by atoms with van der Waals surface area (Å²) in [6.45, 7) is 2.08. The van der Waals surface area contributed by atoms with Crippen molar-refractivity contribution >= 4 is 16.0 Å². The standard InChI is InChI=1S/C18H24F2N2O5S/c1-3-26-18(23)12-5-4-8-22(10-12)28(24,25)16-11-27-21(2)17(16)14-7-6-13(19)9-15(14)20/h6-7,9,12,16-17H,3-5,8,10-11H2,1-2H3.